The van der Waals surface area contributed by atoms with Crippen molar-refractivity contribution < 1.29 is 14.6 Å². The summed E-state index contributed by atoms with van der Waals surface area (Å²) in [5.74, 6) is 0.500. The predicted molar refractivity (Wildman–Crippen MR) is 77.2 cm³/mol. The van der Waals surface area contributed by atoms with Gasteiger partial charge in [0.2, 0.25) is 0 Å². The number of hydrogen-bond acceptors (Lipinski definition) is 3. The molecule has 1 aromatic carbocycles. The van der Waals surface area contributed by atoms with Gasteiger partial charge in [0.25, 0.3) is 0 Å². The average Bonchev–Trinajstić information content (AvgIpc) is 2.52. The fourth-order valence-corrected chi connectivity index (χ4v) is 2.66. The van der Waals surface area contributed by atoms with Gasteiger partial charge in [-0.15, -0.1) is 0 Å². The van der Waals surface area contributed by atoms with Crippen LogP contribution in [0, 0.1) is 5.92 Å². The zero-order valence-corrected chi connectivity index (χ0v) is 11.8. The number of amides is 1. The number of ether oxygens (including phenoxy) is 1. The van der Waals surface area contributed by atoms with E-state index in [2.05, 4.69) is 0 Å². The maximum absolute atomic E-state index is 12.0. The third-order valence-electron chi connectivity index (χ3n) is 3.75. The van der Waals surface area contributed by atoms with Gasteiger partial charge in [0.15, 0.2) is 0 Å². The van der Waals surface area contributed by atoms with Crippen molar-refractivity contribution in [1.29, 1.82) is 0 Å². The number of rotatable bonds is 5. The van der Waals surface area contributed by atoms with Crippen LogP contribution in [0.4, 0.5) is 4.79 Å². The van der Waals surface area contributed by atoms with Crippen LogP contribution in [0.1, 0.15) is 31.2 Å². The summed E-state index contributed by atoms with van der Waals surface area (Å²) in [6.07, 6.45) is 3.75. The number of hydrogen-bond donors (Lipinski definition) is 1. The first-order chi connectivity index (χ1) is 9.79. The van der Waals surface area contributed by atoms with Crippen LogP contribution in [-0.2, 0) is 11.3 Å². The minimum atomic E-state index is -0.220. The molecule has 1 heterocycles. The first-order valence-corrected chi connectivity index (χ1v) is 7.36. The highest BCUT2D eigenvalue weighted by atomic mass is 16.6. The smallest absolute Gasteiger partial charge is 0.410 e. The molecule has 0 saturated carbocycles. The second kappa shape index (κ2) is 7.90. The fourth-order valence-electron chi connectivity index (χ4n) is 2.66. The van der Waals surface area contributed by atoms with E-state index in [0.717, 1.165) is 44.3 Å². The number of aliphatic hydroxyl groups is 1. The monoisotopic (exact) mass is 277 g/mol. The maximum atomic E-state index is 12.0. The lowest BCUT2D eigenvalue weighted by Gasteiger charge is -2.32. The zero-order valence-electron chi connectivity index (χ0n) is 11.8. The van der Waals surface area contributed by atoms with Crippen molar-refractivity contribution in [3.63, 3.8) is 0 Å². The van der Waals surface area contributed by atoms with Gasteiger partial charge in [-0.2, -0.15) is 0 Å². The van der Waals surface area contributed by atoms with Crippen LogP contribution >= 0.6 is 0 Å². The highest BCUT2D eigenvalue weighted by Crippen LogP contribution is 2.21. The van der Waals surface area contributed by atoms with E-state index in [1.807, 2.05) is 30.3 Å². The Bertz CT molecular complexity index is 407. The number of benzene rings is 1. The molecule has 2 rings (SSSR count). The molecule has 1 aliphatic heterocycles. The lowest BCUT2D eigenvalue weighted by atomic mass is 9.94. The third-order valence-corrected chi connectivity index (χ3v) is 3.75. The van der Waals surface area contributed by atoms with Crippen LogP contribution < -0.4 is 0 Å². The Morgan fingerprint density at radius 2 is 2.15 bits per heavy atom. The molecule has 0 aromatic heterocycles. The molecule has 1 aromatic rings. The maximum Gasteiger partial charge on any atom is 0.410 e. The SMILES string of the molecule is O=C(OCc1ccccc1)N1CCC[C@H](CCCO)C1. The van der Waals surface area contributed by atoms with E-state index in [-0.39, 0.29) is 12.7 Å². The van der Waals surface area contributed by atoms with Crippen LogP contribution in [0.3, 0.4) is 0 Å². The highest BCUT2D eigenvalue weighted by Gasteiger charge is 2.24. The van der Waals surface area contributed by atoms with Crippen molar-refractivity contribution >= 4 is 6.09 Å². The standard InChI is InChI=1S/C16H23NO3/c18-11-5-9-14-8-4-10-17(12-14)16(19)20-13-15-6-2-1-3-7-15/h1-3,6-7,14,18H,4-5,8-13H2/t14-/m1/s1. The quantitative estimate of drug-likeness (QED) is 0.900. The van der Waals surface area contributed by atoms with Gasteiger partial charge < -0.3 is 14.7 Å². The molecular weight excluding hydrogens is 254 g/mol. The Morgan fingerprint density at radius 3 is 2.90 bits per heavy atom. The zero-order chi connectivity index (χ0) is 14.2. The summed E-state index contributed by atoms with van der Waals surface area (Å²) < 4.78 is 5.36. The Hall–Kier alpha value is -1.55. The minimum Gasteiger partial charge on any atom is -0.445 e. The number of piperidine rings is 1. The summed E-state index contributed by atoms with van der Waals surface area (Å²) in [6, 6.07) is 9.73. The molecule has 0 bridgehead atoms. The molecule has 0 aliphatic carbocycles. The van der Waals surface area contributed by atoms with Crippen molar-refractivity contribution in [2.45, 2.75) is 32.3 Å². The van der Waals surface area contributed by atoms with E-state index >= 15 is 0 Å². The lowest BCUT2D eigenvalue weighted by molar-refractivity contribution is 0.0770. The minimum absolute atomic E-state index is 0.220. The molecular formula is C16H23NO3. The molecule has 1 saturated heterocycles. The van der Waals surface area contributed by atoms with Gasteiger partial charge in [0.1, 0.15) is 6.61 Å². The average molecular weight is 277 g/mol. The molecule has 110 valence electrons. The molecule has 20 heavy (non-hydrogen) atoms. The van der Waals surface area contributed by atoms with Gasteiger partial charge in [0.05, 0.1) is 0 Å². The number of carbonyl (C=O) groups excluding carboxylic acids is 1. The molecule has 1 aliphatic rings. The molecule has 1 N–H and O–H groups in total. The third kappa shape index (κ3) is 4.53. The van der Waals surface area contributed by atoms with Gasteiger partial charge in [-0.05, 0) is 37.2 Å². The van der Waals surface area contributed by atoms with Crippen molar-refractivity contribution in [2.24, 2.45) is 5.92 Å². The van der Waals surface area contributed by atoms with Crippen LogP contribution in [0.25, 0.3) is 0 Å². The van der Waals surface area contributed by atoms with Crippen molar-refractivity contribution in [1.82, 2.24) is 4.90 Å². The van der Waals surface area contributed by atoms with Crippen molar-refractivity contribution in [3.05, 3.63) is 35.9 Å². The summed E-state index contributed by atoms with van der Waals surface area (Å²) >= 11 is 0. The van der Waals surface area contributed by atoms with Crippen LogP contribution in [0.15, 0.2) is 30.3 Å². The number of carbonyl (C=O) groups is 1. The molecule has 1 amide bonds. The van der Waals surface area contributed by atoms with E-state index < -0.39 is 0 Å². The topological polar surface area (TPSA) is 49.8 Å². The van der Waals surface area contributed by atoms with Gasteiger partial charge >= 0.3 is 6.09 Å². The lowest BCUT2D eigenvalue weighted by Crippen LogP contribution is -2.40. The predicted octanol–water partition coefficient (Wildman–Crippen LogP) is 2.81. The van der Waals surface area contributed by atoms with Crippen LogP contribution in [0.2, 0.25) is 0 Å². The van der Waals surface area contributed by atoms with Gasteiger partial charge in [-0.3, -0.25) is 0 Å². The van der Waals surface area contributed by atoms with E-state index in [1.165, 1.54) is 0 Å². The molecule has 1 atom stereocenters. The van der Waals surface area contributed by atoms with Crippen molar-refractivity contribution in [3.8, 4) is 0 Å². The molecule has 0 unspecified atom stereocenters. The number of aliphatic hydroxyl groups excluding tert-OH is 1. The van der Waals surface area contributed by atoms with Gasteiger partial charge in [0, 0.05) is 19.7 Å². The Labute approximate surface area is 120 Å². The Balaban J connectivity index is 1.77. The molecule has 0 spiro atoms. The normalized spacial score (nSPS) is 18.9. The van der Waals surface area contributed by atoms with Crippen molar-refractivity contribution in [2.75, 3.05) is 19.7 Å². The Kier molecular flexibility index (Phi) is 5.87. The molecule has 0 radical (unpaired) electrons. The highest BCUT2D eigenvalue weighted by molar-refractivity contribution is 5.67. The van der Waals surface area contributed by atoms with E-state index in [4.69, 9.17) is 9.84 Å². The first-order valence-electron chi connectivity index (χ1n) is 7.36. The molecule has 1 fully saturated rings. The summed E-state index contributed by atoms with van der Waals surface area (Å²) in [7, 11) is 0. The summed E-state index contributed by atoms with van der Waals surface area (Å²) in [6.45, 7) is 2.10. The first kappa shape index (κ1) is 14.9. The largest absolute Gasteiger partial charge is 0.445 e. The van der Waals surface area contributed by atoms with Gasteiger partial charge in [-0.1, -0.05) is 30.3 Å². The van der Waals surface area contributed by atoms with Gasteiger partial charge in [-0.25, -0.2) is 4.79 Å². The van der Waals surface area contributed by atoms with Crippen LogP contribution in [-0.4, -0.2) is 35.8 Å². The summed E-state index contributed by atoms with van der Waals surface area (Å²) in [5, 5.41) is 8.88. The Morgan fingerprint density at radius 1 is 1.35 bits per heavy atom. The van der Waals surface area contributed by atoms with E-state index in [9.17, 15) is 4.79 Å². The fraction of sp³-hybridized carbons (Fsp3) is 0.562. The second-order valence-electron chi connectivity index (χ2n) is 5.36. The summed E-state index contributed by atoms with van der Waals surface area (Å²) in [5.41, 5.74) is 1.01. The molecule has 4 nitrogen and oxygen atoms in total. The summed E-state index contributed by atoms with van der Waals surface area (Å²) in [4.78, 5) is 13.8. The molecule has 4 heteroatoms. The number of nitrogens with zero attached hydrogens (tertiary/aromatic N) is 1. The number of likely N-dealkylation sites (tertiary alicyclic amines) is 1. The van der Waals surface area contributed by atoms with E-state index in [1.54, 1.807) is 4.90 Å². The second-order valence-corrected chi connectivity index (χ2v) is 5.36. The van der Waals surface area contributed by atoms with E-state index in [0.29, 0.717) is 12.5 Å². The van der Waals surface area contributed by atoms with Crippen LogP contribution in [0.5, 0.6) is 0 Å².